The second-order valence-corrected chi connectivity index (χ2v) is 5.46. The number of likely N-dealkylation sites (tertiary alicyclic amines) is 1. The highest BCUT2D eigenvalue weighted by atomic mass is 16.2. The summed E-state index contributed by atoms with van der Waals surface area (Å²) < 4.78 is 0. The topological polar surface area (TPSA) is 62.1 Å². The van der Waals surface area contributed by atoms with E-state index < -0.39 is 0 Å². The minimum absolute atomic E-state index is 0.0884. The molecule has 3 N–H and O–H groups in total. The van der Waals surface area contributed by atoms with Gasteiger partial charge < -0.3 is 15.6 Å². The quantitative estimate of drug-likeness (QED) is 0.820. The molecule has 2 unspecified atom stereocenters. The van der Waals surface area contributed by atoms with E-state index >= 15 is 0 Å². The van der Waals surface area contributed by atoms with Crippen molar-refractivity contribution in [3.05, 3.63) is 36.0 Å². The predicted molar refractivity (Wildman–Crippen MR) is 76.0 cm³/mol. The van der Waals surface area contributed by atoms with Crippen molar-refractivity contribution in [2.75, 3.05) is 13.1 Å². The molecule has 4 heteroatoms. The van der Waals surface area contributed by atoms with Crippen LogP contribution in [0.1, 0.15) is 23.7 Å². The first kappa shape index (κ1) is 12.2. The molecule has 1 amide bonds. The van der Waals surface area contributed by atoms with Gasteiger partial charge in [-0.15, -0.1) is 0 Å². The first-order valence-electron chi connectivity index (χ1n) is 6.77. The first-order valence-corrected chi connectivity index (χ1v) is 6.77. The largest absolute Gasteiger partial charge is 0.361 e. The molecular formula is C15H19N3O. The second kappa shape index (κ2) is 4.70. The number of aromatic nitrogens is 1. The van der Waals surface area contributed by atoms with Gasteiger partial charge in [0.2, 0.25) is 0 Å². The average Bonchev–Trinajstić information content (AvgIpc) is 2.88. The molecule has 1 aromatic carbocycles. The van der Waals surface area contributed by atoms with E-state index in [1.54, 1.807) is 0 Å². The van der Waals surface area contributed by atoms with Crippen molar-refractivity contribution in [1.29, 1.82) is 0 Å². The van der Waals surface area contributed by atoms with E-state index in [0.717, 1.165) is 29.4 Å². The average molecular weight is 257 g/mol. The molecule has 0 radical (unpaired) electrons. The smallest absolute Gasteiger partial charge is 0.253 e. The van der Waals surface area contributed by atoms with Gasteiger partial charge in [0.25, 0.3) is 5.91 Å². The summed E-state index contributed by atoms with van der Waals surface area (Å²) in [7, 11) is 0. The molecule has 1 fully saturated rings. The molecule has 0 aliphatic carbocycles. The number of nitrogens with two attached hydrogens (primary N) is 1. The van der Waals surface area contributed by atoms with Gasteiger partial charge in [0.05, 0.1) is 0 Å². The lowest BCUT2D eigenvalue weighted by Crippen LogP contribution is -2.49. The van der Waals surface area contributed by atoms with E-state index in [1.807, 2.05) is 35.4 Å². The van der Waals surface area contributed by atoms with Crippen LogP contribution < -0.4 is 5.73 Å². The van der Waals surface area contributed by atoms with Crippen molar-refractivity contribution < 1.29 is 4.79 Å². The lowest BCUT2D eigenvalue weighted by molar-refractivity contribution is 0.0672. The minimum Gasteiger partial charge on any atom is -0.361 e. The summed E-state index contributed by atoms with van der Waals surface area (Å²) in [5.41, 5.74) is 7.86. The van der Waals surface area contributed by atoms with Crippen LogP contribution in [0.4, 0.5) is 0 Å². The Kier molecular flexibility index (Phi) is 3.03. The van der Waals surface area contributed by atoms with Crippen LogP contribution in [0.3, 0.4) is 0 Å². The lowest BCUT2D eigenvalue weighted by atomic mass is 9.94. The van der Waals surface area contributed by atoms with Crippen molar-refractivity contribution in [1.82, 2.24) is 9.88 Å². The van der Waals surface area contributed by atoms with Gasteiger partial charge in [0.15, 0.2) is 0 Å². The van der Waals surface area contributed by atoms with E-state index in [4.69, 9.17) is 5.73 Å². The number of hydrogen-bond acceptors (Lipinski definition) is 2. The number of nitrogens with zero attached hydrogens (tertiary/aromatic N) is 1. The first-order chi connectivity index (χ1) is 9.15. The standard InChI is InChI=1S/C15H19N3O/c1-10-5-7-18(9-13(10)16)15(19)12-2-3-14-11(8-12)4-6-17-14/h2-4,6,8,10,13,17H,5,7,9,16H2,1H3. The number of H-pyrrole nitrogens is 1. The van der Waals surface area contributed by atoms with E-state index in [1.165, 1.54) is 0 Å². The Balaban J connectivity index is 1.83. The molecule has 19 heavy (non-hydrogen) atoms. The van der Waals surface area contributed by atoms with Crippen molar-refractivity contribution in [2.24, 2.45) is 11.7 Å². The Hall–Kier alpha value is -1.81. The van der Waals surface area contributed by atoms with Gasteiger partial charge in [0, 0.05) is 41.8 Å². The van der Waals surface area contributed by atoms with Gasteiger partial charge in [-0.25, -0.2) is 0 Å². The molecule has 1 aliphatic heterocycles. The van der Waals surface area contributed by atoms with Crippen LogP contribution in [-0.4, -0.2) is 34.9 Å². The van der Waals surface area contributed by atoms with Gasteiger partial charge in [-0.2, -0.15) is 0 Å². The SMILES string of the molecule is CC1CCN(C(=O)c2ccc3[nH]ccc3c2)CC1N. The zero-order valence-electron chi connectivity index (χ0n) is 11.1. The summed E-state index contributed by atoms with van der Waals surface area (Å²) in [5, 5.41) is 1.07. The minimum atomic E-state index is 0.0884. The van der Waals surface area contributed by atoms with E-state index in [-0.39, 0.29) is 11.9 Å². The molecule has 1 aliphatic rings. The highest BCUT2D eigenvalue weighted by Gasteiger charge is 2.26. The zero-order chi connectivity index (χ0) is 13.4. The Bertz CT molecular complexity index is 604. The predicted octanol–water partition coefficient (Wildman–Crippen LogP) is 1.98. The van der Waals surface area contributed by atoms with E-state index in [0.29, 0.717) is 12.5 Å². The summed E-state index contributed by atoms with van der Waals surface area (Å²) in [6, 6.07) is 7.85. The highest BCUT2D eigenvalue weighted by molar-refractivity contribution is 5.98. The summed E-state index contributed by atoms with van der Waals surface area (Å²) in [5.74, 6) is 0.585. The number of rotatable bonds is 1. The number of piperidine rings is 1. The number of aromatic amines is 1. The fourth-order valence-electron chi connectivity index (χ4n) is 2.65. The number of amides is 1. The molecule has 0 saturated carbocycles. The van der Waals surface area contributed by atoms with Crippen LogP contribution in [0.5, 0.6) is 0 Å². The molecule has 2 heterocycles. The van der Waals surface area contributed by atoms with Crippen molar-refractivity contribution in [3.63, 3.8) is 0 Å². The van der Waals surface area contributed by atoms with Gasteiger partial charge in [-0.05, 0) is 36.6 Å². The third-order valence-electron chi connectivity index (χ3n) is 4.10. The number of benzene rings is 1. The third-order valence-corrected chi connectivity index (χ3v) is 4.10. The van der Waals surface area contributed by atoms with Crippen LogP contribution in [0.2, 0.25) is 0 Å². The molecular weight excluding hydrogens is 238 g/mol. The number of hydrogen-bond donors (Lipinski definition) is 2. The van der Waals surface area contributed by atoms with Crippen LogP contribution in [0.15, 0.2) is 30.5 Å². The van der Waals surface area contributed by atoms with E-state index in [9.17, 15) is 4.79 Å². The monoisotopic (exact) mass is 257 g/mol. The number of fused-ring (bicyclic) bond motifs is 1. The molecule has 4 nitrogen and oxygen atoms in total. The number of carbonyl (C=O) groups excluding carboxylic acids is 1. The molecule has 1 aromatic heterocycles. The van der Waals surface area contributed by atoms with Crippen LogP contribution >= 0.6 is 0 Å². The van der Waals surface area contributed by atoms with Crippen molar-refractivity contribution in [3.8, 4) is 0 Å². The number of carbonyl (C=O) groups is 1. The molecule has 0 bridgehead atoms. The van der Waals surface area contributed by atoms with Crippen molar-refractivity contribution in [2.45, 2.75) is 19.4 Å². The summed E-state index contributed by atoms with van der Waals surface area (Å²) in [4.78, 5) is 17.5. The number of nitrogens with one attached hydrogen (secondary N) is 1. The van der Waals surface area contributed by atoms with Crippen molar-refractivity contribution >= 4 is 16.8 Å². The van der Waals surface area contributed by atoms with Gasteiger partial charge >= 0.3 is 0 Å². The third kappa shape index (κ3) is 2.24. The van der Waals surface area contributed by atoms with Gasteiger partial charge in [-0.1, -0.05) is 6.92 Å². The Labute approximate surface area is 112 Å². The highest BCUT2D eigenvalue weighted by Crippen LogP contribution is 2.20. The Morgan fingerprint density at radius 1 is 1.42 bits per heavy atom. The normalized spacial score (nSPS) is 23.8. The second-order valence-electron chi connectivity index (χ2n) is 5.46. The Morgan fingerprint density at radius 2 is 2.26 bits per heavy atom. The lowest BCUT2D eigenvalue weighted by Gasteiger charge is -2.35. The van der Waals surface area contributed by atoms with Gasteiger partial charge in [0.1, 0.15) is 0 Å². The van der Waals surface area contributed by atoms with Crippen LogP contribution in [-0.2, 0) is 0 Å². The van der Waals surface area contributed by atoms with Crippen LogP contribution in [0, 0.1) is 5.92 Å². The zero-order valence-corrected chi connectivity index (χ0v) is 11.1. The maximum atomic E-state index is 12.5. The summed E-state index contributed by atoms with van der Waals surface area (Å²) >= 11 is 0. The molecule has 2 atom stereocenters. The maximum absolute atomic E-state index is 12.5. The Morgan fingerprint density at radius 3 is 3.05 bits per heavy atom. The summed E-state index contributed by atoms with van der Waals surface area (Å²) in [6.45, 7) is 3.61. The fraction of sp³-hybridized carbons (Fsp3) is 0.400. The summed E-state index contributed by atoms with van der Waals surface area (Å²) in [6.07, 6.45) is 2.87. The van der Waals surface area contributed by atoms with Gasteiger partial charge in [-0.3, -0.25) is 4.79 Å². The maximum Gasteiger partial charge on any atom is 0.253 e. The molecule has 100 valence electrons. The van der Waals surface area contributed by atoms with E-state index in [2.05, 4.69) is 11.9 Å². The fourth-order valence-corrected chi connectivity index (χ4v) is 2.65. The molecule has 2 aromatic rings. The molecule has 0 spiro atoms. The molecule has 3 rings (SSSR count). The molecule has 1 saturated heterocycles. The van der Waals surface area contributed by atoms with Crippen LogP contribution in [0.25, 0.3) is 10.9 Å².